The Bertz CT molecular complexity index is 229. The Morgan fingerprint density at radius 1 is 1.47 bits per heavy atom. The van der Waals surface area contributed by atoms with E-state index in [0.717, 1.165) is 0 Å². The molecule has 0 aromatic carbocycles. The fourth-order valence-electron chi connectivity index (χ4n) is 0.877. The molecule has 0 aliphatic heterocycles. The molecule has 1 atom stereocenters. The van der Waals surface area contributed by atoms with Crippen LogP contribution >= 0.6 is 23.4 Å². The smallest absolute Gasteiger partial charge is 0.315 e. The van der Waals surface area contributed by atoms with Gasteiger partial charge in [-0.2, -0.15) is 20.5 Å². The van der Waals surface area contributed by atoms with E-state index in [1.54, 1.807) is 0 Å². The van der Waals surface area contributed by atoms with Crippen molar-refractivity contribution in [2.75, 3.05) is 17.9 Å². The monoisotopic (exact) mass is 259 g/mol. The van der Waals surface area contributed by atoms with Gasteiger partial charge in [0.1, 0.15) is 0 Å². The number of halogens is 3. The van der Waals surface area contributed by atoms with E-state index in [4.69, 9.17) is 11.6 Å². The summed E-state index contributed by atoms with van der Waals surface area (Å²) in [6, 6.07) is -0.906. The number of amides is 1. The van der Waals surface area contributed by atoms with Gasteiger partial charge >= 0.3 is 6.43 Å². The number of rotatable bonds is 7. The summed E-state index contributed by atoms with van der Waals surface area (Å²) in [4.78, 5) is 21.8. The van der Waals surface area contributed by atoms with Crippen LogP contribution < -0.4 is 5.32 Å². The second kappa shape index (κ2) is 7.87. The summed E-state index contributed by atoms with van der Waals surface area (Å²) in [5, 5.41) is 1.97. The van der Waals surface area contributed by atoms with Gasteiger partial charge in [0, 0.05) is 0 Å². The third-order valence-corrected chi connectivity index (χ3v) is 2.55. The molecule has 1 N–H and O–H groups in total. The molecule has 0 aliphatic carbocycles. The summed E-state index contributed by atoms with van der Waals surface area (Å²) in [5.74, 6) is -1.57. The first-order valence-corrected chi connectivity index (χ1v) is 6.12. The standard InChI is InChI=1S/C8H12ClF2NO2S/c1-15-3-2-5(6(13)4-9)12-8(14)7(10)11/h5,7H,2-4H2,1H3,(H,12,14). The average Bonchev–Trinajstić information content (AvgIpc) is 2.22. The zero-order chi connectivity index (χ0) is 11.8. The lowest BCUT2D eigenvalue weighted by molar-refractivity contribution is -0.134. The Labute approximate surface area is 95.9 Å². The molecule has 88 valence electrons. The molecule has 1 unspecified atom stereocenters. The van der Waals surface area contributed by atoms with Crippen LogP contribution in [-0.4, -0.2) is 42.0 Å². The SMILES string of the molecule is CSCCC(NC(=O)C(F)F)C(=O)CCl. The van der Waals surface area contributed by atoms with E-state index in [1.807, 2.05) is 11.6 Å². The summed E-state index contributed by atoms with van der Waals surface area (Å²) in [5.41, 5.74) is 0. The summed E-state index contributed by atoms with van der Waals surface area (Å²) in [6.45, 7) is 0. The van der Waals surface area contributed by atoms with Crippen LogP contribution in [0, 0.1) is 0 Å². The van der Waals surface area contributed by atoms with E-state index in [9.17, 15) is 18.4 Å². The molecule has 0 saturated carbocycles. The maximum Gasteiger partial charge on any atom is 0.315 e. The van der Waals surface area contributed by atoms with E-state index in [0.29, 0.717) is 12.2 Å². The number of Topliss-reactive ketones (excluding diaryl/α,β-unsaturated/α-hetero) is 1. The van der Waals surface area contributed by atoms with Gasteiger partial charge in [-0.3, -0.25) is 9.59 Å². The van der Waals surface area contributed by atoms with Crippen LogP contribution in [0.5, 0.6) is 0 Å². The van der Waals surface area contributed by atoms with Crippen LogP contribution in [0.2, 0.25) is 0 Å². The summed E-state index contributed by atoms with van der Waals surface area (Å²) >= 11 is 6.75. The molecule has 0 heterocycles. The van der Waals surface area contributed by atoms with E-state index < -0.39 is 24.2 Å². The molecule has 3 nitrogen and oxygen atoms in total. The highest BCUT2D eigenvalue weighted by atomic mass is 35.5. The minimum absolute atomic E-state index is 0.289. The zero-order valence-electron chi connectivity index (χ0n) is 8.13. The summed E-state index contributed by atoms with van der Waals surface area (Å²) in [6.07, 6.45) is -0.979. The number of hydrogen-bond donors (Lipinski definition) is 1. The topological polar surface area (TPSA) is 46.2 Å². The first-order valence-electron chi connectivity index (χ1n) is 4.19. The minimum Gasteiger partial charge on any atom is -0.341 e. The van der Waals surface area contributed by atoms with Crippen molar-refractivity contribution < 1.29 is 18.4 Å². The number of alkyl halides is 3. The van der Waals surface area contributed by atoms with Crippen LogP contribution in [0.4, 0.5) is 8.78 Å². The predicted molar refractivity (Wildman–Crippen MR) is 56.7 cm³/mol. The van der Waals surface area contributed by atoms with Crippen LogP contribution in [0.25, 0.3) is 0 Å². The van der Waals surface area contributed by atoms with E-state index in [1.165, 1.54) is 11.8 Å². The van der Waals surface area contributed by atoms with Gasteiger partial charge in [-0.15, -0.1) is 11.6 Å². The number of hydrogen-bond acceptors (Lipinski definition) is 3. The van der Waals surface area contributed by atoms with Gasteiger partial charge in [0.25, 0.3) is 5.91 Å². The van der Waals surface area contributed by atoms with Crippen LogP contribution in [-0.2, 0) is 9.59 Å². The normalized spacial score (nSPS) is 12.6. The number of carbonyl (C=O) groups is 2. The third-order valence-electron chi connectivity index (χ3n) is 1.65. The first-order chi connectivity index (χ1) is 7.02. The molecule has 15 heavy (non-hydrogen) atoms. The summed E-state index contributed by atoms with van der Waals surface area (Å²) < 4.78 is 23.8. The van der Waals surface area contributed by atoms with Gasteiger partial charge in [-0.05, 0) is 18.4 Å². The molecule has 0 fully saturated rings. The molecule has 0 radical (unpaired) electrons. The number of thioether (sulfide) groups is 1. The average molecular weight is 260 g/mol. The van der Waals surface area contributed by atoms with Crippen molar-refractivity contribution in [3.8, 4) is 0 Å². The van der Waals surface area contributed by atoms with E-state index in [-0.39, 0.29) is 5.88 Å². The molecule has 0 spiro atoms. The highest BCUT2D eigenvalue weighted by Crippen LogP contribution is 2.04. The molecule has 7 heteroatoms. The lowest BCUT2D eigenvalue weighted by Gasteiger charge is -2.15. The van der Waals surface area contributed by atoms with E-state index >= 15 is 0 Å². The van der Waals surface area contributed by atoms with Gasteiger partial charge in [0.05, 0.1) is 11.9 Å². The van der Waals surface area contributed by atoms with Crippen molar-refractivity contribution in [3.63, 3.8) is 0 Å². The number of nitrogens with one attached hydrogen (secondary N) is 1. The molecule has 0 saturated heterocycles. The van der Waals surface area contributed by atoms with Crippen LogP contribution in [0.1, 0.15) is 6.42 Å². The Morgan fingerprint density at radius 3 is 2.47 bits per heavy atom. The van der Waals surface area contributed by atoms with Crippen LogP contribution in [0.15, 0.2) is 0 Å². The largest absolute Gasteiger partial charge is 0.341 e. The molecule has 0 aromatic rings. The van der Waals surface area contributed by atoms with Gasteiger partial charge in [-0.25, -0.2) is 0 Å². The zero-order valence-corrected chi connectivity index (χ0v) is 9.71. The molecule has 0 aromatic heterocycles. The molecule has 0 aliphatic rings. The Hall–Kier alpha value is -0.360. The second-order valence-corrected chi connectivity index (χ2v) is 4.00. The highest BCUT2D eigenvalue weighted by molar-refractivity contribution is 7.98. The van der Waals surface area contributed by atoms with E-state index in [2.05, 4.69) is 0 Å². The van der Waals surface area contributed by atoms with Crippen molar-refractivity contribution in [1.29, 1.82) is 0 Å². The number of ketones is 1. The molecule has 0 rings (SSSR count). The van der Waals surface area contributed by atoms with Crippen molar-refractivity contribution >= 4 is 35.1 Å². The lowest BCUT2D eigenvalue weighted by Crippen LogP contribution is -2.44. The maximum absolute atomic E-state index is 11.9. The van der Waals surface area contributed by atoms with Gasteiger partial charge < -0.3 is 5.32 Å². The Morgan fingerprint density at radius 2 is 2.07 bits per heavy atom. The Balaban J connectivity index is 4.23. The van der Waals surface area contributed by atoms with Gasteiger partial charge in [0.2, 0.25) is 0 Å². The fourth-order valence-corrected chi connectivity index (χ4v) is 1.53. The van der Waals surface area contributed by atoms with Gasteiger partial charge in [-0.1, -0.05) is 0 Å². The maximum atomic E-state index is 11.9. The highest BCUT2D eigenvalue weighted by Gasteiger charge is 2.23. The first kappa shape index (κ1) is 14.6. The Kier molecular flexibility index (Phi) is 7.68. The van der Waals surface area contributed by atoms with Crippen molar-refractivity contribution in [1.82, 2.24) is 5.32 Å². The number of carbonyl (C=O) groups excluding carboxylic acids is 2. The van der Waals surface area contributed by atoms with Crippen molar-refractivity contribution in [2.45, 2.75) is 18.9 Å². The molecule has 0 bridgehead atoms. The molecular weight excluding hydrogens is 248 g/mol. The van der Waals surface area contributed by atoms with Gasteiger partial charge in [0.15, 0.2) is 5.78 Å². The van der Waals surface area contributed by atoms with Crippen LogP contribution in [0.3, 0.4) is 0 Å². The predicted octanol–water partition coefficient (Wildman–Crippen LogP) is 1.30. The quantitative estimate of drug-likeness (QED) is 0.701. The fraction of sp³-hybridized carbons (Fsp3) is 0.750. The third kappa shape index (κ3) is 5.94. The molecular formula is C8H12ClF2NO2S. The van der Waals surface area contributed by atoms with Crippen molar-refractivity contribution in [2.24, 2.45) is 0 Å². The van der Waals surface area contributed by atoms with Crippen molar-refractivity contribution in [3.05, 3.63) is 0 Å². The minimum atomic E-state index is -3.11. The summed E-state index contributed by atoms with van der Waals surface area (Å²) in [7, 11) is 0. The second-order valence-electron chi connectivity index (χ2n) is 2.74. The molecule has 1 amide bonds. The lowest BCUT2D eigenvalue weighted by atomic mass is 10.1.